The maximum atomic E-state index is 12.0. The molecule has 0 aliphatic rings. The van der Waals surface area contributed by atoms with E-state index in [-0.39, 0.29) is 5.91 Å². The molecule has 4 heteroatoms. The Morgan fingerprint density at radius 2 is 2.05 bits per heavy atom. The number of rotatable bonds is 7. The van der Waals surface area contributed by atoms with E-state index in [9.17, 15) is 4.79 Å². The van der Waals surface area contributed by atoms with Crippen molar-refractivity contribution < 1.29 is 4.79 Å². The molecule has 19 heavy (non-hydrogen) atoms. The molecule has 0 atom stereocenters. The van der Waals surface area contributed by atoms with Crippen molar-refractivity contribution >= 4 is 5.91 Å². The van der Waals surface area contributed by atoms with Gasteiger partial charge in [-0.25, -0.2) is 0 Å². The van der Waals surface area contributed by atoms with Crippen LogP contribution in [0.2, 0.25) is 0 Å². The predicted octanol–water partition coefficient (Wildman–Crippen LogP) is 1.23. The van der Waals surface area contributed by atoms with Crippen molar-refractivity contribution in [2.24, 2.45) is 5.73 Å². The third-order valence-corrected chi connectivity index (χ3v) is 3.06. The first-order valence-corrected chi connectivity index (χ1v) is 6.71. The molecular weight excluding hydrogens is 238 g/mol. The van der Waals surface area contributed by atoms with Gasteiger partial charge in [-0.3, -0.25) is 9.69 Å². The number of amides is 1. The first kappa shape index (κ1) is 15.7. The lowest BCUT2D eigenvalue weighted by atomic mass is 10.1. The Labute approximate surface area is 116 Å². The van der Waals surface area contributed by atoms with Gasteiger partial charge >= 0.3 is 0 Å². The molecule has 0 saturated heterocycles. The molecule has 0 aliphatic carbocycles. The second-order valence-corrected chi connectivity index (χ2v) is 5.12. The van der Waals surface area contributed by atoms with E-state index >= 15 is 0 Å². The van der Waals surface area contributed by atoms with E-state index in [0.717, 1.165) is 19.5 Å². The molecule has 0 aromatic heterocycles. The van der Waals surface area contributed by atoms with Crippen LogP contribution in [0.1, 0.15) is 17.5 Å². The lowest BCUT2D eigenvalue weighted by Gasteiger charge is -2.22. The number of hydrogen-bond acceptors (Lipinski definition) is 3. The number of likely N-dealkylation sites (N-methyl/N-ethyl adjacent to an activating group) is 2. The van der Waals surface area contributed by atoms with Gasteiger partial charge in [0.2, 0.25) is 5.91 Å². The fourth-order valence-electron chi connectivity index (χ4n) is 1.98. The van der Waals surface area contributed by atoms with Gasteiger partial charge in [0.15, 0.2) is 0 Å². The molecule has 0 spiro atoms. The highest BCUT2D eigenvalue weighted by Gasteiger charge is 2.11. The first-order valence-electron chi connectivity index (χ1n) is 6.71. The highest BCUT2D eigenvalue weighted by molar-refractivity contribution is 5.77. The van der Waals surface area contributed by atoms with Crippen LogP contribution in [0.4, 0.5) is 0 Å². The zero-order chi connectivity index (χ0) is 14.3. The number of carbonyl (C=O) groups is 1. The van der Waals surface area contributed by atoms with E-state index in [2.05, 4.69) is 25.1 Å². The van der Waals surface area contributed by atoms with E-state index in [4.69, 9.17) is 5.73 Å². The minimum absolute atomic E-state index is 0.142. The van der Waals surface area contributed by atoms with Crippen LogP contribution in [0.15, 0.2) is 24.3 Å². The maximum Gasteiger partial charge on any atom is 0.236 e. The Morgan fingerprint density at radius 3 is 2.68 bits per heavy atom. The summed E-state index contributed by atoms with van der Waals surface area (Å²) in [5, 5.41) is 0. The molecule has 4 nitrogen and oxygen atoms in total. The topological polar surface area (TPSA) is 49.6 Å². The summed E-state index contributed by atoms with van der Waals surface area (Å²) in [4.78, 5) is 15.7. The van der Waals surface area contributed by atoms with Crippen LogP contribution in [-0.2, 0) is 11.3 Å². The largest absolute Gasteiger partial charge is 0.345 e. The summed E-state index contributed by atoms with van der Waals surface area (Å²) < 4.78 is 0. The van der Waals surface area contributed by atoms with Crippen LogP contribution in [0.5, 0.6) is 0 Å². The summed E-state index contributed by atoms with van der Waals surface area (Å²) in [7, 11) is 3.80. The third kappa shape index (κ3) is 5.85. The van der Waals surface area contributed by atoms with Crippen LogP contribution in [-0.4, -0.2) is 49.4 Å². The number of carbonyl (C=O) groups excluding carboxylic acids is 1. The normalized spacial score (nSPS) is 10.8. The number of hydrogen-bond donors (Lipinski definition) is 1. The molecule has 0 saturated carbocycles. The van der Waals surface area contributed by atoms with Crippen LogP contribution in [0.3, 0.4) is 0 Å². The summed E-state index contributed by atoms with van der Waals surface area (Å²) in [5.74, 6) is 0.142. The standard InChI is InChI=1S/C15H25N3O/c1-13-6-4-7-14(10-13)11-17(2)12-15(19)18(3)9-5-8-16/h4,6-7,10H,5,8-9,11-12,16H2,1-3H3. The lowest BCUT2D eigenvalue weighted by Crippen LogP contribution is -2.37. The zero-order valence-corrected chi connectivity index (χ0v) is 12.2. The van der Waals surface area contributed by atoms with Crippen LogP contribution in [0, 0.1) is 6.92 Å². The molecule has 0 bridgehead atoms. The van der Waals surface area contributed by atoms with E-state index in [1.54, 1.807) is 4.90 Å². The zero-order valence-electron chi connectivity index (χ0n) is 12.2. The second kappa shape index (κ2) is 7.92. The summed E-state index contributed by atoms with van der Waals surface area (Å²) in [6.45, 7) is 4.66. The number of nitrogens with zero attached hydrogens (tertiary/aromatic N) is 2. The van der Waals surface area contributed by atoms with Gasteiger partial charge in [-0.1, -0.05) is 29.8 Å². The number of nitrogens with two attached hydrogens (primary N) is 1. The van der Waals surface area contributed by atoms with Crippen molar-refractivity contribution in [3.8, 4) is 0 Å². The molecule has 0 radical (unpaired) electrons. The average Bonchev–Trinajstić information content (AvgIpc) is 2.35. The van der Waals surface area contributed by atoms with Crippen molar-refractivity contribution in [2.75, 3.05) is 33.7 Å². The Balaban J connectivity index is 2.42. The van der Waals surface area contributed by atoms with Gasteiger partial charge in [0, 0.05) is 20.1 Å². The summed E-state index contributed by atoms with van der Waals surface area (Å²) in [6, 6.07) is 8.37. The Morgan fingerprint density at radius 1 is 1.32 bits per heavy atom. The van der Waals surface area contributed by atoms with Crippen molar-refractivity contribution in [2.45, 2.75) is 19.9 Å². The fraction of sp³-hybridized carbons (Fsp3) is 0.533. The molecule has 106 valence electrons. The monoisotopic (exact) mass is 263 g/mol. The van der Waals surface area contributed by atoms with Gasteiger partial charge in [-0.15, -0.1) is 0 Å². The molecule has 1 aromatic carbocycles. The molecule has 1 aromatic rings. The molecule has 0 fully saturated rings. The van der Waals surface area contributed by atoms with Gasteiger partial charge in [-0.2, -0.15) is 0 Å². The predicted molar refractivity (Wildman–Crippen MR) is 78.8 cm³/mol. The molecule has 0 heterocycles. The summed E-state index contributed by atoms with van der Waals surface area (Å²) in [6.07, 6.45) is 0.851. The van der Waals surface area contributed by atoms with Crippen LogP contribution < -0.4 is 5.73 Å². The smallest absolute Gasteiger partial charge is 0.236 e. The van der Waals surface area contributed by atoms with E-state index in [1.807, 2.05) is 25.1 Å². The van der Waals surface area contributed by atoms with Crippen molar-refractivity contribution in [3.05, 3.63) is 35.4 Å². The van der Waals surface area contributed by atoms with Gasteiger partial charge in [0.05, 0.1) is 6.54 Å². The Kier molecular flexibility index (Phi) is 6.53. The van der Waals surface area contributed by atoms with Crippen molar-refractivity contribution in [1.82, 2.24) is 9.80 Å². The Bertz CT molecular complexity index is 406. The second-order valence-electron chi connectivity index (χ2n) is 5.12. The quantitative estimate of drug-likeness (QED) is 0.805. The van der Waals surface area contributed by atoms with E-state index in [1.165, 1.54) is 11.1 Å². The maximum absolute atomic E-state index is 12.0. The Hall–Kier alpha value is -1.39. The minimum Gasteiger partial charge on any atom is -0.345 e. The fourth-order valence-corrected chi connectivity index (χ4v) is 1.98. The van der Waals surface area contributed by atoms with E-state index < -0.39 is 0 Å². The third-order valence-electron chi connectivity index (χ3n) is 3.06. The molecule has 1 amide bonds. The van der Waals surface area contributed by atoms with Crippen molar-refractivity contribution in [3.63, 3.8) is 0 Å². The number of benzene rings is 1. The minimum atomic E-state index is 0.142. The average molecular weight is 263 g/mol. The van der Waals surface area contributed by atoms with Gasteiger partial charge in [-0.05, 0) is 32.5 Å². The van der Waals surface area contributed by atoms with Gasteiger partial charge in [0.25, 0.3) is 0 Å². The molecule has 2 N–H and O–H groups in total. The molecule has 1 rings (SSSR count). The lowest BCUT2D eigenvalue weighted by molar-refractivity contribution is -0.130. The highest BCUT2D eigenvalue weighted by Crippen LogP contribution is 2.06. The van der Waals surface area contributed by atoms with Crippen molar-refractivity contribution in [1.29, 1.82) is 0 Å². The summed E-state index contributed by atoms with van der Waals surface area (Å²) >= 11 is 0. The summed E-state index contributed by atoms with van der Waals surface area (Å²) in [5.41, 5.74) is 7.93. The molecule has 0 unspecified atom stereocenters. The van der Waals surface area contributed by atoms with Crippen LogP contribution >= 0.6 is 0 Å². The first-order chi connectivity index (χ1) is 9.02. The van der Waals surface area contributed by atoms with Crippen LogP contribution in [0.25, 0.3) is 0 Å². The number of aryl methyl sites for hydroxylation is 1. The van der Waals surface area contributed by atoms with E-state index in [0.29, 0.717) is 13.1 Å². The van der Waals surface area contributed by atoms with Gasteiger partial charge in [0.1, 0.15) is 0 Å². The van der Waals surface area contributed by atoms with Gasteiger partial charge < -0.3 is 10.6 Å². The highest BCUT2D eigenvalue weighted by atomic mass is 16.2. The SMILES string of the molecule is Cc1cccc(CN(C)CC(=O)N(C)CCCN)c1. The molecular formula is C15H25N3O. The molecule has 0 aliphatic heterocycles.